The molecule has 0 saturated carbocycles. The number of rotatable bonds is 15. The van der Waals surface area contributed by atoms with Crippen LogP contribution in [-0.4, -0.2) is 27.1 Å². The summed E-state index contributed by atoms with van der Waals surface area (Å²) < 4.78 is 64.1. The number of sulfone groups is 1. The third-order valence-corrected chi connectivity index (χ3v) is 8.02. The van der Waals surface area contributed by atoms with Crippen molar-refractivity contribution < 1.29 is 57.1 Å². The van der Waals surface area contributed by atoms with Crippen molar-refractivity contribution in [3.8, 4) is 11.5 Å². The van der Waals surface area contributed by atoms with Gasteiger partial charge in [0.05, 0.1) is 5.75 Å². The molecule has 0 aliphatic rings. The Morgan fingerprint density at radius 3 is 1.64 bits per heavy atom. The first-order valence-corrected chi connectivity index (χ1v) is 14.4. The van der Waals surface area contributed by atoms with Crippen molar-refractivity contribution in [2.75, 3.05) is 5.75 Å². The van der Waals surface area contributed by atoms with Gasteiger partial charge in [0.25, 0.3) is 10.1 Å². The number of benzene rings is 2. The Morgan fingerprint density at radius 1 is 0.697 bits per heavy atom. The fraction of sp³-hybridized carbons (Fsp3) is 0.500. The molecule has 0 aromatic heterocycles. The van der Waals surface area contributed by atoms with Crippen molar-refractivity contribution >= 4 is 20.0 Å². The Kier molecular flexibility index (Phi) is 13.8. The first-order chi connectivity index (χ1) is 15.3. The first kappa shape index (κ1) is 30.1. The summed E-state index contributed by atoms with van der Waals surface area (Å²) in [5.74, 6) is -0.0867. The molecule has 180 valence electrons. The molecule has 1 N–H and O–H groups in total. The van der Waals surface area contributed by atoms with Gasteiger partial charge < -0.3 is 6.16 Å². The molecule has 0 spiro atoms. The van der Waals surface area contributed by atoms with Crippen LogP contribution in [0.4, 0.5) is 0 Å². The Balaban J connectivity index is 0.00000544. The smallest absolute Gasteiger partial charge is 1.00 e. The van der Waals surface area contributed by atoms with Crippen molar-refractivity contribution in [2.24, 2.45) is 0 Å². The van der Waals surface area contributed by atoms with Crippen LogP contribution in [0.25, 0.3) is 0 Å². The minimum Gasteiger partial charge on any atom is -1.00 e. The largest absolute Gasteiger partial charge is 1.00 e. The van der Waals surface area contributed by atoms with Gasteiger partial charge in [0.1, 0.15) is 21.3 Å². The van der Waals surface area contributed by atoms with Gasteiger partial charge in [0, 0.05) is 0 Å². The molecular weight excluding hydrogens is 471 g/mol. The van der Waals surface area contributed by atoms with Crippen molar-refractivity contribution in [1.29, 1.82) is 0 Å². The fourth-order valence-electron chi connectivity index (χ4n) is 3.55. The van der Waals surface area contributed by atoms with Gasteiger partial charge in [-0.3, -0.25) is 4.55 Å². The third kappa shape index (κ3) is 10.5. The van der Waals surface area contributed by atoms with Crippen LogP contribution in [0.2, 0.25) is 0 Å². The molecule has 2 aromatic rings. The quantitative estimate of drug-likeness (QED) is 0.225. The van der Waals surface area contributed by atoms with E-state index >= 15 is 0 Å². The predicted molar refractivity (Wildman–Crippen MR) is 128 cm³/mol. The number of unbranched alkanes of at least 4 members (excludes halogenated alkanes) is 9. The third-order valence-electron chi connectivity index (χ3n) is 5.30. The first-order valence-electron chi connectivity index (χ1n) is 11.3. The van der Waals surface area contributed by atoms with E-state index in [-0.39, 0.29) is 53.1 Å². The molecule has 0 saturated heterocycles. The summed E-state index contributed by atoms with van der Waals surface area (Å²) in [5.41, 5.74) is 0. The molecule has 0 radical (unpaired) electrons. The maximum absolute atomic E-state index is 12.9. The van der Waals surface area contributed by atoms with Crippen molar-refractivity contribution in [3.63, 3.8) is 0 Å². The maximum atomic E-state index is 12.9. The second-order valence-electron chi connectivity index (χ2n) is 7.97. The maximum Gasteiger partial charge on any atom is 1.00 e. The van der Waals surface area contributed by atoms with E-state index in [2.05, 4.69) is 6.92 Å². The molecule has 6 nitrogen and oxygen atoms in total. The zero-order valence-electron chi connectivity index (χ0n) is 20.7. The molecule has 2 aromatic carbocycles. The topological polar surface area (TPSA) is 97.7 Å². The molecule has 2 rings (SSSR count). The standard InChI is InChI=1S/C24H34O6S2.Na.H/c1-2-3-4-5-6-7-8-9-10-15-20-31(25,26)23-18-13-11-16-21(23)30-22-17-12-14-19-24(22)32(27,28)29;;/h11-14,16-19H,2-10,15,20H2,1H3,(H,27,28,29);;/q;+1;-1. The van der Waals surface area contributed by atoms with Crippen LogP contribution < -0.4 is 34.3 Å². The molecule has 33 heavy (non-hydrogen) atoms. The SMILES string of the molecule is CCCCCCCCCCCCS(=O)(=O)c1ccccc1Oc1ccccc1S(=O)(=O)O.[H-].[Na+]. The minimum atomic E-state index is -4.51. The Morgan fingerprint density at radius 2 is 1.12 bits per heavy atom. The summed E-state index contributed by atoms with van der Waals surface area (Å²) in [7, 11) is -8.11. The van der Waals surface area contributed by atoms with E-state index in [0.29, 0.717) is 6.42 Å². The van der Waals surface area contributed by atoms with Gasteiger partial charge in [0.2, 0.25) is 0 Å². The van der Waals surface area contributed by atoms with Gasteiger partial charge in [0.15, 0.2) is 9.84 Å². The van der Waals surface area contributed by atoms with Crippen molar-refractivity contribution in [1.82, 2.24) is 0 Å². The second-order valence-corrected chi connectivity index (χ2v) is 11.4. The predicted octanol–water partition coefficient (Wildman–Crippen LogP) is 3.54. The zero-order chi connectivity index (χ0) is 23.5. The Labute approximate surface area is 222 Å². The molecule has 0 aliphatic carbocycles. The van der Waals surface area contributed by atoms with E-state index in [9.17, 15) is 21.4 Å². The van der Waals surface area contributed by atoms with Crippen LogP contribution in [0.5, 0.6) is 11.5 Å². The van der Waals surface area contributed by atoms with Crippen LogP contribution in [0.3, 0.4) is 0 Å². The molecule has 9 heteroatoms. The van der Waals surface area contributed by atoms with Crippen LogP contribution in [0.1, 0.15) is 72.6 Å². The van der Waals surface area contributed by atoms with Crippen molar-refractivity contribution in [3.05, 3.63) is 48.5 Å². The average molecular weight is 507 g/mol. The summed E-state index contributed by atoms with van der Waals surface area (Å²) in [6, 6.07) is 11.7. The molecule has 0 unspecified atom stereocenters. The van der Waals surface area contributed by atoms with E-state index < -0.39 is 24.9 Å². The average Bonchev–Trinajstić information content (AvgIpc) is 2.75. The molecule has 0 fully saturated rings. The summed E-state index contributed by atoms with van der Waals surface area (Å²) in [5, 5.41) is 0. The number of hydrogen-bond acceptors (Lipinski definition) is 5. The van der Waals surface area contributed by atoms with E-state index in [0.717, 1.165) is 19.3 Å². The monoisotopic (exact) mass is 506 g/mol. The van der Waals surface area contributed by atoms with Gasteiger partial charge in [-0.1, -0.05) is 89.0 Å². The Hall–Kier alpha value is -0.900. The summed E-state index contributed by atoms with van der Waals surface area (Å²) in [6.07, 6.45) is 11.1. The van der Waals surface area contributed by atoms with Crippen LogP contribution in [0, 0.1) is 0 Å². The molecule has 0 amide bonds. The fourth-order valence-corrected chi connectivity index (χ4v) is 5.67. The van der Waals surface area contributed by atoms with Gasteiger partial charge >= 0.3 is 29.6 Å². The van der Waals surface area contributed by atoms with Gasteiger partial charge in [-0.2, -0.15) is 8.42 Å². The molecule has 0 bridgehead atoms. The molecule has 0 aliphatic heterocycles. The second kappa shape index (κ2) is 15.2. The van der Waals surface area contributed by atoms with Gasteiger partial charge in [-0.05, 0) is 30.7 Å². The Bertz CT molecular complexity index is 1060. The molecule has 0 atom stereocenters. The zero-order valence-corrected chi connectivity index (χ0v) is 23.3. The van der Waals surface area contributed by atoms with E-state index in [1.54, 1.807) is 18.2 Å². The van der Waals surface area contributed by atoms with Crippen molar-refractivity contribution in [2.45, 2.75) is 80.9 Å². The summed E-state index contributed by atoms with van der Waals surface area (Å²) >= 11 is 0. The number of para-hydroxylation sites is 2. The number of ether oxygens (including phenoxy) is 1. The van der Waals surface area contributed by atoms with E-state index in [1.165, 1.54) is 68.9 Å². The normalized spacial score (nSPS) is 11.7. The number of hydrogen-bond donors (Lipinski definition) is 1. The molecule has 0 heterocycles. The van der Waals surface area contributed by atoms with Gasteiger partial charge in [-0.15, -0.1) is 0 Å². The summed E-state index contributed by atoms with van der Waals surface area (Å²) in [4.78, 5) is -0.400. The van der Waals surface area contributed by atoms with E-state index in [1.807, 2.05) is 0 Å². The molecular formula is C24H35NaO6S2. The van der Waals surface area contributed by atoms with Crippen LogP contribution in [0.15, 0.2) is 58.3 Å². The van der Waals surface area contributed by atoms with Crippen LogP contribution in [-0.2, 0) is 20.0 Å². The minimum absolute atomic E-state index is 0. The van der Waals surface area contributed by atoms with Gasteiger partial charge in [-0.25, -0.2) is 8.42 Å². The van der Waals surface area contributed by atoms with E-state index in [4.69, 9.17) is 4.74 Å². The summed E-state index contributed by atoms with van der Waals surface area (Å²) in [6.45, 7) is 2.21. The van der Waals surface area contributed by atoms with Crippen LogP contribution >= 0.6 is 0 Å².